The maximum atomic E-state index is 15.2. The predicted octanol–water partition coefficient (Wildman–Crippen LogP) is 2.95. The second kappa shape index (κ2) is 25.3. The van der Waals surface area contributed by atoms with Gasteiger partial charge in [-0.05, 0) is 130 Å². The molecule has 2 aromatic rings. The van der Waals surface area contributed by atoms with Crippen molar-refractivity contribution in [2.75, 3.05) is 58.8 Å². The first-order valence-corrected chi connectivity index (χ1v) is 30.4. The van der Waals surface area contributed by atoms with E-state index in [0.29, 0.717) is 50.6 Å². The van der Waals surface area contributed by atoms with Gasteiger partial charge < -0.3 is 86.1 Å². The van der Waals surface area contributed by atoms with Gasteiger partial charge >= 0.3 is 12.2 Å². The topological polar surface area (TPSA) is 350 Å². The van der Waals surface area contributed by atoms with Crippen LogP contribution < -0.4 is 32.2 Å². The number of ether oxygens (including phenoxy) is 6. The molecule has 2 saturated heterocycles. The van der Waals surface area contributed by atoms with Gasteiger partial charge in [-0.3, -0.25) is 24.0 Å². The molecule has 2 aliphatic heterocycles. The Morgan fingerprint density at radius 2 is 1.60 bits per heavy atom. The molecule has 0 spiro atoms. The zero-order valence-electron chi connectivity index (χ0n) is 50.2. The number of nitrogens with one attached hydrogen (secondary N) is 3. The number of amides is 5. The van der Waals surface area contributed by atoms with Crippen molar-refractivity contribution in [3.05, 3.63) is 83.0 Å². The fourth-order valence-electron chi connectivity index (χ4n) is 15.8. The molecule has 14 atom stereocenters. The predicted molar refractivity (Wildman–Crippen MR) is 312 cm³/mol. The number of unbranched alkanes of at least 4 members (excludes halogenated alkanes) is 1. The Hall–Kier alpha value is -6.35. The number of nitrogens with zero attached hydrogens (tertiary/aromatic N) is 2. The second-order valence-corrected chi connectivity index (χ2v) is 26.3. The SMILES string of the molecule is CC(=O)N[C@@H](CCCCN)C(=O)NCCC(=O)Nc1cc(COC(=O)N(C)CCN(C)C(=O)OCC(=O)[C@@]23O[C@H](c4ccc(CC56CC(N)(C5)C6)cc4)O[C@@H]2C[C@H]2[C@@H]4CCC5=CC(=O)C=C[C@]5(C)[C@H]4[C@@H](O)C[C@@]23C)ccc1O[C@@H]1OC[C@@H](O)[C@H](O)[C@H]1O. The van der Waals surface area contributed by atoms with E-state index in [1.165, 1.54) is 54.6 Å². The Morgan fingerprint density at radius 1 is 0.897 bits per heavy atom. The molecule has 24 nitrogen and oxygen atoms in total. The fraction of sp³-hybridized carbons (Fsp3) is 0.635. The lowest BCUT2D eigenvalue weighted by Gasteiger charge is -2.69. The number of anilines is 1. The number of hydrogen-bond donors (Lipinski definition) is 9. The number of carbonyl (C=O) groups is 7. The van der Waals surface area contributed by atoms with Crippen LogP contribution in [0.4, 0.5) is 15.3 Å². The number of ketones is 2. The summed E-state index contributed by atoms with van der Waals surface area (Å²) in [5, 5.41) is 51.2. The van der Waals surface area contributed by atoms with Gasteiger partial charge in [-0.15, -0.1) is 0 Å². The summed E-state index contributed by atoms with van der Waals surface area (Å²) in [5.41, 5.74) is 12.5. The minimum atomic E-state index is -1.67. The monoisotopic (exact) mass is 1210 g/mol. The van der Waals surface area contributed by atoms with Crippen molar-refractivity contribution in [3.63, 3.8) is 0 Å². The lowest BCUT2D eigenvalue weighted by Crippen LogP contribution is -2.72. The third-order valence-corrected chi connectivity index (χ3v) is 20.1. The Kier molecular flexibility index (Phi) is 18.5. The molecule has 0 unspecified atom stereocenters. The first-order valence-electron chi connectivity index (χ1n) is 30.4. The zero-order valence-corrected chi connectivity index (χ0v) is 50.2. The standard InChI is InChI=1S/C63H85N7O17/c1-35(71)67-43(8-6-7-20-64)54(79)66-21-18-50(76)68-44-24-37(11-16-47(44)85-56-53(78)52(77)46(74)30-82-56)29-83-57(80)69(4)22-23-70(5)58(81)84-31-48(75)63-49(86-55(87-63)38-12-9-36(10-13-38)27-61-32-62(65,33-61)34-61)26-42-41-15-14-39-25-40(72)17-19-59(39,2)51(41)45(73)28-60(42,63)3/h9-13,16-17,19,24-25,41-43,45-46,49,51-53,55-56,73-74,77-78H,6-8,14-15,18,20-23,26-34,64-65H2,1-5H3,(H,66,79)(H,67,71)(H,68,76)/t41-,42-,43-,45-,46+,49+,51+,52-,53+,55+,56-,59-,60-,61?,62?,63+/m0/s1. The van der Waals surface area contributed by atoms with Gasteiger partial charge in [0.1, 0.15) is 36.7 Å². The Morgan fingerprint density at radius 3 is 2.29 bits per heavy atom. The molecule has 6 saturated carbocycles. The summed E-state index contributed by atoms with van der Waals surface area (Å²) in [6.07, 6.45) is 2.51. The number of rotatable bonds is 23. The van der Waals surface area contributed by atoms with Crippen molar-refractivity contribution in [3.8, 4) is 5.75 Å². The summed E-state index contributed by atoms with van der Waals surface area (Å²) in [6.45, 7) is 4.33. The number of aliphatic hydroxyl groups is 4. The molecule has 2 bridgehead atoms. The lowest BCUT2D eigenvalue weighted by molar-refractivity contribution is -0.241. The third kappa shape index (κ3) is 12.7. The van der Waals surface area contributed by atoms with Crippen LogP contribution in [0.5, 0.6) is 5.75 Å². The molecule has 7 aliphatic carbocycles. The van der Waals surface area contributed by atoms with E-state index in [1.807, 2.05) is 25.1 Å². The minimum Gasteiger partial charge on any atom is -0.460 e. The molecule has 11 N–H and O–H groups in total. The van der Waals surface area contributed by atoms with E-state index in [1.54, 1.807) is 12.2 Å². The molecule has 2 aromatic carbocycles. The van der Waals surface area contributed by atoms with Crippen LogP contribution in [0.25, 0.3) is 0 Å². The molecule has 0 radical (unpaired) electrons. The molecule has 87 heavy (non-hydrogen) atoms. The molecule has 24 heteroatoms. The Labute approximate surface area is 506 Å². The van der Waals surface area contributed by atoms with E-state index >= 15 is 4.79 Å². The molecule has 9 aliphatic rings. The highest BCUT2D eigenvalue weighted by atomic mass is 16.7. The van der Waals surface area contributed by atoms with Crippen LogP contribution in [0.3, 0.4) is 0 Å². The first-order chi connectivity index (χ1) is 41.3. The number of carbonyl (C=O) groups excluding carboxylic acids is 7. The van der Waals surface area contributed by atoms with Gasteiger partial charge in [-0.1, -0.05) is 55.8 Å². The van der Waals surface area contributed by atoms with Crippen molar-refractivity contribution in [1.29, 1.82) is 0 Å². The van der Waals surface area contributed by atoms with Crippen LogP contribution in [0, 0.1) is 34.0 Å². The van der Waals surface area contributed by atoms with Crippen LogP contribution in [-0.2, 0) is 60.7 Å². The summed E-state index contributed by atoms with van der Waals surface area (Å²) in [6, 6.07) is 11.7. The zero-order chi connectivity index (χ0) is 62.4. The highest BCUT2D eigenvalue weighted by molar-refractivity contribution is 6.01. The quantitative estimate of drug-likeness (QED) is 0.0722. The molecule has 474 valence electrons. The number of nitrogens with two attached hydrogens (primary N) is 2. The maximum Gasteiger partial charge on any atom is 0.409 e. The third-order valence-electron chi connectivity index (χ3n) is 20.1. The van der Waals surface area contributed by atoms with Gasteiger partial charge in [0.25, 0.3) is 0 Å². The molecule has 8 fully saturated rings. The largest absolute Gasteiger partial charge is 0.460 e. The van der Waals surface area contributed by atoms with Crippen LogP contribution >= 0.6 is 0 Å². The molecular weight excluding hydrogens is 1130 g/mol. The minimum absolute atomic E-state index is 0.00187. The van der Waals surface area contributed by atoms with Gasteiger partial charge in [-0.2, -0.15) is 0 Å². The van der Waals surface area contributed by atoms with Gasteiger partial charge in [0.05, 0.1) is 24.5 Å². The average Bonchev–Trinajstić information content (AvgIpc) is 1.66. The van der Waals surface area contributed by atoms with Gasteiger partial charge in [0.15, 0.2) is 24.3 Å². The number of Topliss-reactive ketones (excluding diaryl/α,β-unsaturated/α-hetero) is 1. The van der Waals surface area contributed by atoms with Crippen LogP contribution in [0.15, 0.2) is 66.3 Å². The molecule has 0 aromatic heterocycles. The molecular formula is C63H85N7O17. The Balaban J connectivity index is 0.759. The lowest BCUT2D eigenvalue weighted by atomic mass is 9.38. The first kappa shape index (κ1) is 63.7. The van der Waals surface area contributed by atoms with E-state index in [-0.39, 0.29) is 91.6 Å². The van der Waals surface area contributed by atoms with E-state index in [9.17, 15) is 49.2 Å². The van der Waals surface area contributed by atoms with Crippen LogP contribution in [0.2, 0.25) is 0 Å². The summed E-state index contributed by atoms with van der Waals surface area (Å²) in [5.74, 6) is -2.38. The van der Waals surface area contributed by atoms with Crippen molar-refractivity contribution in [2.24, 2.45) is 45.5 Å². The molecule has 2 heterocycles. The van der Waals surface area contributed by atoms with Crippen molar-refractivity contribution < 1.29 is 82.4 Å². The number of likely N-dealkylation sites (N-methyl/N-ethyl adjacent to an activating group) is 2. The second-order valence-electron chi connectivity index (χ2n) is 26.3. The highest BCUT2D eigenvalue weighted by Gasteiger charge is 2.76. The van der Waals surface area contributed by atoms with Crippen molar-refractivity contribution in [1.82, 2.24) is 20.4 Å². The van der Waals surface area contributed by atoms with Crippen molar-refractivity contribution >= 4 is 47.2 Å². The van der Waals surface area contributed by atoms with Gasteiger partial charge in [-0.25, -0.2) is 9.59 Å². The molecule has 5 amide bonds. The fourth-order valence-corrected chi connectivity index (χ4v) is 15.8. The Bertz CT molecular complexity index is 3010. The summed E-state index contributed by atoms with van der Waals surface area (Å²) in [4.78, 5) is 95.4. The number of benzene rings is 2. The normalized spacial score (nSPS) is 34.4. The summed E-state index contributed by atoms with van der Waals surface area (Å²) < 4.78 is 36.5. The number of hydrogen-bond acceptors (Lipinski definition) is 19. The van der Waals surface area contributed by atoms with Gasteiger partial charge in [0.2, 0.25) is 29.8 Å². The van der Waals surface area contributed by atoms with E-state index < -0.39 is 108 Å². The van der Waals surface area contributed by atoms with E-state index in [4.69, 9.17) is 39.9 Å². The number of aliphatic hydroxyl groups excluding tert-OH is 4. The smallest absolute Gasteiger partial charge is 0.409 e. The van der Waals surface area contributed by atoms with Gasteiger partial charge in [0, 0.05) is 74.9 Å². The van der Waals surface area contributed by atoms with Crippen molar-refractivity contribution in [2.45, 2.75) is 165 Å². The molecule has 11 rings (SSSR count). The summed E-state index contributed by atoms with van der Waals surface area (Å²) >= 11 is 0. The van der Waals surface area contributed by atoms with Crippen LogP contribution in [0.1, 0.15) is 114 Å². The summed E-state index contributed by atoms with van der Waals surface area (Å²) in [7, 11) is 2.93. The van der Waals surface area contributed by atoms with E-state index in [0.717, 1.165) is 36.8 Å². The van der Waals surface area contributed by atoms with E-state index in [2.05, 4.69) is 35.0 Å². The highest BCUT2D eigenvalue weighted by Crippen LogP contribution is 2.71. The van der Waals surface area contributed by atoms with Crippen LogP contribution in [-0.4, -0.2) is 179 Å². The number of allylic oxidation sites excluding steroid dienone is 4. The number of fused-ring (bicyclic) bond motifs is 7. The average molecular weight is 1210 g/mol. The maximum absolute atomic E-state index is 15.2.